The van der Waals surface area contributed by atoms with Gasteiger partial charge in [-0.1, -0.05) is 31.4 Å². The molecule has 1 N–H and O–H groups in total. The molecule has 1 saturated carbocycles. The largest absolute Gasteiger partial charge is 0.366 e. The molecule has 2 rings (SSSR count). The van der Waals surface area contributed by atoms with Gasteiger partial charge in [0.1, 0.15) is 0 Å². The highest BCUT2D eigenvalue weighted by atomic mass is 35.5. The molecule has 0 amide bonds. The molecule has 0 bridgehead atoms. The van der Waals surface area contributed by atoms with Crippen molar-refractivity contribution in [3.05, 3.63) is 16.3 Å². The number of nitrogens with one attached hydrogen (secondary N) is 1. The monoisotopic (exact) mass is 267 g/mol. The third-order valence-corrected chi connectivity index (χ3v) is 4.42. The molecule has 0 aliphatic heterocycles. The van der Waals surface area contributed by atoms with Crippen molar-refractivity contribution in [2.45, 2.75) is 58.9 Å². The first-order valence-corrected chi connectivity index (χ1v) is 7.21. The Hall–Kier alpha value is -0.830. The van der Waals surface area contributed by atoms with Crippen molar-refractivity contribution in [3.8, 4) is 0 Å². The third-order valence-electron chi connectivity index (χ3n) is 4.06. The Morgan fingerprint density at radius 3 is 2.61 bits per heavy atom. The van der Waals surface area contributed by atoms with E-state index >= 15 is 0 Å². The van der Waals surface area contributed by atoms with Crippen LogP contribution in [-0.2, 0) is 0 Å². The Labute approximate surface area is 114 Å². The molecule has 100 valence electrons. The number of nitrogens with zero attached hydrogens (tertiary/aromatic N) is 2. The van der Waals surface area contributed by atoms with E-state index in [0.29, 0.717) is 11.2 Å². The molecule has 1 heterocycles. The second kappa shape index (κ2) is 5.87. The number of rotatable bonds is 2. The van der Waals surface area contributed by atoms with Crippen LogP contribution >= 0.6 is 11.6 Å². The fraction of sp³-hybridized carbons (Fsp3) is 0.714. The summed E-state index contributed by atoms with van der Waals surface area (Å²) in [5, 5.41) is 12.2. The van der Waals surface area contributed by atoms with Gasteiger partial charge in [0, 0.05) is 6.04 Å². The Balaban J connectivity index is 2.07. The second-order valence-electron chi connectivity index (χ2n) is 5.54. The summed E-state index contributed by atoms with van der Waals surface area (Å²) in [4.78, 5) is 0. The number of halogens is 1. The van der Waals surface area contributed by atoms with Crippen LogP contribution in [0.5, 0.6) is 0 Å². The third kappa shape index (κ3) is 3.14. The smallest absolute Gasteiger partial charge is 0.155 e. The second-order valence-corrected chi connectivity index (χ2v) is 5.90. The van der Waals surface area contributed by atoms with Gasteiger partial charge in [-0.25, -0.2) is 0 Å². The summed E-state index contributed by atoms with van der Waals surface area (Å²) in [7, 11) is 0. The first-order chi connectivity index (χ1) is 8.58. The highest BCUT2D eigenvalue weighted by molar-refractivity contribution is 6.30. The molecule has 0 saturated heterocycles. The van der Waals surface area contributed by atoms with Crippen molar-refractivity contribution in [2.75, 3.05) is 5.32 Å². The van der Waals surface area contributed by atoms with Gasteiger partial charge in [0.2, 0.25) is 0 Å². The van der Waals surface area contributed by atoms with Crippen molar-refractivity contribution in [1.29, 1.82) is 0 Å². The lowest BCUT2D eigenvalue weighted by Gasteiger charge is -2.18. The van der Waals surface area contributed by atoms with Gasteiger partial charge >= 0.3 is 0 Å². The van der Waals surface area contributed by atoms with Crippen LogP contribution in [0.25, 0.3) is 0 Å². The van der Waals surface area contributed by atoms with Crippen LogP contribution in [0.15, 0.2) is 0 Å². The van der Waals surface area contributed by atoms with Gasteiger partial charge in [-0.05, 0) is 50.2 Å². The number of hydrogen-bond acceptors (Lipinski definition) is 3. The Kier molecular flexibility index (Phi) is 4.44. The van der Waals surface area contributed by atoms with E-state index in [9.17, 15) is 0 Å². The Morgan fingerprint density at radius 1 is 1.06 bits per heavy atom. The van der Waals surface area contributed by atoms with Crippen LogP contribution in [0.2, 0.25) is 5.15 Å². The molecule has 0 radical (unpaired) electrons. The molecular weight excluding hydrogens is 246 g/mol. The van der Waals surface area contributed by atoms with Crippen LogP contribution < -0.4 is 5.32 Å². The number of hydrogen-bond donors (Lipinski definition) is 1. The highest BCUT2D eigenvalue weighted by Crippen LogP contribution is 2.26. The quantitative estimate of drug-likeness (QED) is 0.819. The van der Waals surface area contributed by atoms with Crippen LogP contribution in [0.4, 0.5) is 5.82 Å². The first kappa shape index (κ1) is 13.6. The van der Waals surface area contributed by atoms with Crippen molar-refractivity contribution in [2.24, 2.45) is 5.92 Å². The minimum Gasteiger partial charge on any atom is -0.366 e. The molecule has 3 nitrogen and oxygen atoms in total. The Morgan fingerprint density at radius 2 is 1.83 bits per heavy atom. The molecule has 4 heteroatoms. The highest BCUT2D eigenvalue weighted by Gasteiger charge is 2.18. The van der Waals surface area contributed by atoms with Gasteiger partial charge < -0.3 is 5.32 Å². The van der Waals surface area contributed by atoms with Crippen LogP contribution in [0.1, 0.15) is 50.2 Å². The summed E-state index contributed by atoms with van der Waals surface area (Å²) in [5.41, 5.74) is 2.14. The topological polar surface area (TPSA) is 37.8 Å². The molecule has 1 aromatic rings. The van der Waals surface area contributed by atoms with Gasteiger partial charge in [0.25, 0.3) is 0 Å². The van der Waals surface area contributed by atoms with E-state index < -0.39 is 0 Å². The van der Waals surface area contributed by atoms with Crippen LogP contribution in [-0.4, -0.2) is 16.2 Å². The Bertz CT molecular complexity index is 420. The minimum absolute atomic E-state index is 0.507. The maximum absolute atomic E-state index is 5.97. The molecular formula is C14H22ClN3. The number of aromatic nitrogens is 2. The summed E-state index contributed by atoms with van der Waals surface area (Å²) < 4.78 is 0. The predicted octanol–water partition coefficient (Wildman–Crippen LogP) is 4.13. The van der Waals surface area contributed by atoms with Crippen LogP contribution in [0.3, 0.4) is 0 Å². The molecule has 2 unspecified atom stereocenters. The summed E-state index contributed by atoms with van der Waals surface area (Å²) in [6, 6.07) is 0.531. The molecule has 0 spiro atoms. The van der Waals surface area contributed by atoms with Crippen molar-refractivity contribution < 1.29 is 0 Å². The average molecular weight is 268 g/mol. The van der Waals surface area contributed by atoms with E-state index in [1.54, 1.807) is 0 Å². The van der Waals surface area contributed by atoms with Crippen LogP contribution in [0, 0.1) is 19.8 Å². The van der Waals surface area contributed by atoms with Crippen molar-refractivity contribution in [3.63, 3.8) is 0 Å². The maximum atomic E-state index is 5.97. The van der Waals surface area contributed by atoms with Gasteiger partial charge in [0.15, 0.2) is 11.0 Å². The minimum atomic E-state index is 0.507. The van der Waals surface area contributed by atoms with Gasteiger partial charge in [-0.2, -0.15) is 0 Å². The molecule has 1 fully saturated rings. The number of anilines is 1. The lowest BCUT2D eigenvalue weighted by molar-refractivity contribution is 0.501. The lowest BCUT2D eigenvalue weighted by Crippen LogP contribution is -2.20. The van der Waals surface area contributed by atoms with Crippen molar-refractivity contribution >= 4 is 17.4 Å². The zero-order valence-corrected chi connectivity index (χ0v) is 12.2. The fourth-order valence-corrected chi connectivity index (χ4v) is 2.72. The summed E-state index contributed by atoms with van der Waals surface area (Å²) >= 11 is 5.97. The summed E-state index contributed by atoms with van der Waals surface area (Å²) in [6.45, 7) is 6.39. The van der Waals surface area contributed by atoms with Gasteiger partial charge in [-0.3, -0.25) is 0 Å². The lowest BCUT2D eigenvalue weighted by atomic mass is 10.0. The van der Waals surface area contributed by atoms with E-state index in [1.807, 2.05) is 6.92 Å². The molecule has 1 aromatic heterocycles. The molecule has 1 aliphatic rings. The van der Waals surface area contributed by atoms with E-state index in [-0.39, 0.29) is 0 Å². The van der Waals surface area contributed by atoms with Gasteiger partial charge in [-0.15, -0.1) is 10.2 Å². The standard InChI is InChI=1S/C14H22ClN3/c1-9-5-4-6-12(8-7-9)16-14-11(3)10(2)13(15)17-18-14/h9,12H,4-8H2,1-3H3,(H,16,18). The maximum Gasteiger partial charge on any atom is 0.155 e. The zero-order valence-electron chi connectivity index (χ0n) is 11.5. The molecule has 0 aromatic carbocycles. The predicted molar refractivity (Wildman–Crippen MR) is 76.2 cm³/mol. The van der Waals surface area contributed by atoms with E-state index in [1.165, 1.54) is 32.1 Å². The average Bonchev–Trinajstić information content (AvgIpc) is 2.55. The molecule has 1 aliphatic carbocycles. The first-order valence-electron chi connectivity index (χ1n) is 6.84. The SMILES string of the molecule is Cc1c(Cl)nnc(NC2CCCC(C)CC2)c1C. The van der Waals surface area contributed by atoms with E-state index in [0.717, 1.165) is 22.9 Å². The summed E-state index contributed by atoms with van der Waals surface area (Å²) in [5.74, 6) is 1.76. The zero-order chi connectivity index (χ0) is 13.1. The molecule has 18 heavy (non-hydrogen) atoms. The molecule has 2 atom stereocenters. The summed E-state index contributed by atoms with van der Waals surface area (Å²) in [6.07, 6.45) is 6.41. The normalized spacial score (nSPS) is 24.7. The van der Waals surface area contributed by atoms with Gasteiger partial charge in [0.05, 0.1) is 0 Å². The van der Waals surface area contributed by atoms with E-state index in [2.05, 4.69) is 29.4 Å². The van der Waals surface area contributed by atoms with Crippen molar-refractivity contribution in [1.82, 2.24) is 10.2 Å². The van der Waals surface area contributed by atoms with E-state index in [4.69, 9.17) is 11.6 Å². The fourth-order valence-electron chi connectivity index (χ4n) is 2.54.